The highest BCUT2D eigenvalue weighted by Crippen LogP contribution is 2.00. The number of carboxylic acids is 3. The van der Waals surface area contributed by atoms with Gasteiger partial charge in [-0.25, -0.2) is 10.9 Å². The minimum Gasteiger partial charge on any atom is -0.480 e. The molecule has 12 nitrogen and oxygen atoms in total. The number of amides is 2. The fourth-order valence-electron chi connectivity index (χ4n) is 1.67. The summed E-state index contributed by atoms with van der Waals surface area (Å²) in [5.41, 5.74) is 4.61. The molecule has 7 N–H and O–H groups in total. The second kappa shape index (κ2) is 13.2. The van der Waals surface area contributed by atoms with Crippen molar-refractivity contribution in [1.29, 1.82) is 0 Å². The van der Waals surface area contributed by atoms with Gasteiger partial charge in [-0.2, -0.15) is 25.3 Å². The van der Waals surface area contributed by atoms with Gasteiger partial charge < -0.3 is 26.0 Å². The lowest BCUT2D eigenvalue weighted by Gasteiger charge is -2.19. The third-order valence-corrected chi connectivity index (χ3v) is 3.85. The molecule has 0 rings (SSSR count). The highest BCUT2D eigenvalue weighted by molar-refractivity contribution is 7.80. The molecule has 0 aromatic heterocycles. The van der Waals surface area contributed by atoms with Gasteiger partial charge in [0.05, 0.1) is 0 Å². The van der Waals surface area contributed by atoms with Crippen LogP contribution in [0, 0.1) is 0 Å². The minimum absolute atomic E-state index is 0.0930. The zero-order valence-electron chi connectivity index (χ0n) is 14.0. The van der Waals surface area contributed by atoms with E-state index in [1.807, 2.05) is 0 Å². The van der Waals surface area contributed by atoms with Crippen LogP contribution in [0.4, 0.5) is 0 Å². The number of carbonyl (C=O) groups excluding carboxylic acids is 2. The number of thiol groups is 2. The molecule has 14 heteroatoms. The summed E-state index contributed by atoms with van der Waals surface area (Å²) in [7, 11) is 0. The van der Waals surface area contributed by atoms with Crippen LogP contribution in [-0.4, -0.2) is 81.2 Å². The van der Waals surface area contributed by atoms with Crippen molar-refractivity contribution in [2.75, 3.05) is 18.1 Å². The lowest BCUT2D eigenvalue weighted by Crippen LogP contribution is -2.53. The number of rotatable bonds is 14. The number of carboxylic acid groups (broad SMARTS) is 3. The summed E-state index contributed by atoms with van der Waals surface area (Å²) in [5, 5.41) is 30.9. The van der Waals surface area contributed by atoms with Crippen LogP contribution < -0.4 is 21.5 Å². The van der Waals surface area contributed by atoms with Crippen molar-refractivity contribution in [1.82, 2.24) is 21.5 Å². The first-order chi connectivity index (χ1) is 12.6. The SMILES string of the molecule is O=C(O)CNC(=O)[C@H](CS)NC(=O)CC[C@H](NN[C@@H](CS)C(=O)O)C(=O)O. The van der Waals surface area contributed by atoms with Crippen molar-refractivity contribution in [3.8, 4) is 0 Å². The number of carbonyl (C=O) groups is 5. The molecule has 3 atom stereocenters. The first-order valence-corrected chi connectivity index (χ1v) is 8.86. The Bertz CT molecular complexity index is 562. The third kappa shape index (κ3) is 10.6. The van der Waals surface area contributed by atoms with Crippen molar-refractivity contribution in [2.45, 2.75) is 31.0 Å². The van der Waals surface area contributed by atoms with Gasteiger partial charge in [-0.1, -0.05) is 0 Å². The first-order valence-electron chi connectivity index (χ1n) is 7.59. The van der Waals surface area contributed by atoms with Crippen molar-refractivity contribution in [3.05, 3.63) is 0 Å². The van der Waals surface area contributed by atoms with Gasteiger partial charge in [0.2, 0.25) is 11.8 Å². The van der Waals surface area contributed by atoms with E-state index in [1.54, 1.807) is 0 Å². The molecule has 0 spiro atoms. The van der Waals surface area contributed by atoms with E-state index in [2.05, 4.69) is 46.7 Å². The quantitative estimate of drug-likeness (QED) is 0.104. The summed E-state index contributed by atoms with van der Waals surface area (Å²) < 4.78 is 0. The first kappa shape index (κ1) is 25.0. The van der Waals surface area contributed by atoms with E-state index in [0.29, 0.717) is 0 Å². The number of aliphatic carboxylic acids is 3. The minimum atomic E-state index is -1.32. The molecule has 0 radical (unpaired) electrons. The van der Waals surface area contributed by atoms with Gasteiger partial charge in [-0.3, -0.25) is 24.0 Å². The normalized spacial score (nSPS) is 13.9. The molecule has 0 aliphatic heterocycles. The summed E-state index contributed by atoms with van der Waals surface area (Å²) in [6.45, 7) is -0.619. The summed E-state index contributed by atoms with van der Waals surface area (Å²) in [6, 6.07) is -3.49. The maximum absolute atomic E-state index is 11.9. The molecule has 0 heterocycles. The molecule has 0 fully saturated rings. The Morgan fingerprint density at radius 2 is 1.33 bits per heavy atom. The summed E-state index contributed by atoms with van der Waals surface area (Å²) >= 11 is 7.71. The van der Waals surface area contributed by atoms with Crippen LogP contribution >= 0.6 is 25.3 Å². The zero-order valence-corrected chi connectivity index (χ0v) is 15.8. The van der Waals surface area contributed by atoms with Crippen molar-refractivity contribution in [3.63, 3.8) is 0 Å². The fourth-order valence-corrected chi connectivity index (χ4v) is 2.17. The van der Waals surface area contributed by atoms with E-state index in [9.17, 15) is 24.0 Å². The van der Waals surface area contributed by atoms with Gasteiger partial charge in [0.1, 0.15) is 24.7 Å². The van der Waals surface area contributed by atoms with Crippen LogP contribution in [0.3, 0.4) is 0 Å². The Balaban J connectivity index is 4.54. The number of nitrogens with one attached hydrogen (secondary N) is 4. The standard InChI is InChI=1S/C13H22N4O8S2/c18-9(15-7(4-26)11(21)14-3-10(19)20)2-1-6(12(22)23)16-17-8(5-27)13(24)25/h6-8,16-17,26-27H,1-5H2,(H,14,21)(H,15,18)(H,19,20)(H,22,23)(H,24,25)/t6-,7-,8-/m0/s1. The van der Waals surface area contributed by atoms with Crippen molar-refractivity contribution < 1.29 is 39.3 Å². The van der Waals surface area contributed by atoms with Gasteiger partial charge in [0, 0.05) is 17.9 Å². The predicted octanol–water partition coefficient (Wildman–Crippen LogP) is -2.69. The summed E-state index contributed by atoms with van der Waals surface area (Å²) in [5.74, 6) is -5.39. The largest absolute Gasteiger partial charge is 0.480 e. The molecule has 27 heavy (non-hydrogen) atoms. The predicted molar refractivity (Wildman–Crippen MR) is 98.6 cm³/mol. The molecular formula is C13H22N4O8S2. The fraction of sp³-hybridized carbons (Fsp3) is 0.615. The smallest absolute Gasteiger partial charge is 0.322 e. The van der Waals surface area contributed by atoms with Gasteiger partial charge in [0.25, 0.3) is 0 Å². The van der Waals surface area contributed by atoms with E-state index in [0.717, 1.165) is 0 Å². The van der Waals surface area contributed by atoms with Gasteiger partial charge in [0.15, 0.2) is 0 Å². The average molecular weight is 426 g/mol. The summed E-state index contributed by atoms with van der Waals surface area (Å²) in [6.07, 6.45) is -0.496. The molecule has 0 aromatic rings. The number of hydrogen-bond donors (Lipinski definition) is 9. The molecule has 0 unspecified atom stereocenters. The molecule has 0 aliphatic rings. The average Bonchev–Trinajstić information content (AvgIpc) is 2.59. The Labute approximate surface area is 165 Å². The van der Waals surface area contributed by atoms with E-state index in [1.165, 1.54) is 0 Å². The molecule has 0 bridgehead atoms. The second-order valence-corrected chi connectivity index (χ2v) is 5.94. The Hall–Kier alpha value is -2.03. The molecule has 154 valence electrons. The van der Waals surface area contributed by atoms with Crippen LogP contribution in [0.25, 0.3) is 0 Å². The topological polar surface area (TPSA) is 194 Å². The highest BCUT2D eigenvalue weighted by Gasteiger charge is 2.24. The lowest BCUT2D eigenvalue weighted by molar-refractivity contribution is -0.143. The van der Waals surface area contributed by atoms with E-state index in [-0.39, 0.29) is 24.3 Å². The Kier molecular flexibility index (Phi) is 12.2. The Morgan fingerprint density at radius 3 is 1.78 bits per heavy atom. The van der Waals surface area contributed by atoms with Crippen LogP contribution in [-0.2, 0) is 24.0 Å². The molecule has 0 aliphatic carbocycles. The van der Waals surface area contributed by atoms with Crippen LogP contribution in [0.1, 0.15) is 12.8 Å². The van der Waals surface area contributed by atoms with E-state index < -0.39 is 54.4 Å². The van der Waals surface area contributed by atoms with Crippen LogP contribution in [0.5, 0.6) is 0 Å². The Morgan fingerprint density at radius 1 is 0.815 bits per heavy atom. The number of hydrogen-bond acceptors (Lipinski definition) is 9. The second-order valence-electron chi connectivity index (χ2n) is 5.21. The number of hydrazine groups is 1. The summed E-state index contributed by atoms with van der Waals surface area (Å²) in [4.78, 5) is 56.1. The molecular weight excluding hydrogens is 404 g/mol. The maximum atomic E-state index is 11.9. The maximum Gasteiger partial charge on any atom is 0.322 e. The van der Waals surface area contributed by atoms with Gasteiger partial charge in [-0.05, 0) is 6.42 Å². The molecule has 0 aromatic carbocycles. The van der Waals surface area contributed by atoms with Crippen LogP contribution in [0.2, 0.25) is 0 Å². The van der Waals surface area contributed by atoms with Crippen LogP contribution in [0.15, 0.2) is 0 Å². The monoisotopic (exact) mass is 426 g/mol. The van der Waals surface area contributed by atoms with Gasteiger partial charge in [-0.15, -0.1) is 0 Å². The van der Waals surface area contributed by atoms with E-state index in [4.69, 9.17) is 15.3 Å². The van der Waals surface area contributed by atoms with E-state index >= 15 is 0 Å². The molecule has 0 saturated heterocycles. The molecule has 0 saturated carbocycles. The van der Waals surface area contributed by atoms with Gasteiger partial charge >= 0.3 is 17.9 Å². The molecule has 2 amide bonds. The zero-order chi connectivity index (χ0) is 21.0. The highest BCUT2D eigenvalue weighted by atomic mass is 32.1. The third-order valence-electron chi connectivity index (χ3n) is 3.12. The van der Waals surface area contributed by atoms with Crippen molar-refractivity contribution >= 4 is 55.0 Å². The van der Waals surface area contributed by atoms with Crippen molar-refractivity contribution in [2.24, 2.45) is 0 Å². The lowest BCUT2D eigenvalue weighted by atomic mass is 10.1.